The molecule has 1 amide bonds. The van der Waals surface area contributed by atoms with Crippen molar-refractivity contribution in [1.29, 1.82) is 0 Å². The molecule has 1 aliphatic rings. The molecule has 1 heterocycles. The molecule has 106 valence electrons. The Kier molecular flexibility index (Phi) is 7.28. The summed E-state index contributed by atoms with van der Waals surface area (Å²) >= 11 is 0. The van der Waals surface area contributed by atoms with Crippen LogP contribution in [0.25, 0.3) is 0 Å². The molecule has 0 aromatic heterocycles. The molecule has 0 radical (unpaired) electrons. The summed E-state index contributed by atoms with van der Waals surface area (Å²) in [5, 5.41) is 12.2. The number of carbonyl (C=O) groups excluding carboxylic acids is 1. The number of nitrogens with one attached hydrogen (secondary N) is 1. The van der Waals surface area contributed by atoms with Crippen molar-refractivity contribution in [2.24, 2.45) is 5.92 Å². The number of hydrogen-bond donors (Lipinski definition) is 2. The van der Waals surface area contributed by atoms with E-state index in [9.17, 15) is 4.79 Å². The van der Waals surface area contributed by atoms with Crippen LogP contribution >= 0.6 is 0 Å². The van der Waals surface area contributed by atoms with Gasteiger partial charge in [-0.15, -0.1) is 0 Å². The van der Waals surface area contributed by atoms with Crippen molar-refractivity contribution in [2.75, 3.05) is 26.2 Å². The molecule has 1 saturated heterocycles. The van der Waals surface area contributed by atoms with Crippen molar-refractivity contribution in [2.45, 2.75) is 52.0 Å². The molecule has 0 aromatic rings. The summed E-state index contributed by atoms with van der Waals surface area (Å²) in [6, 6.07) is 0.233. The Morgan fingerprint density at radius 2 is 2.06 bits per heavy atom. The highest BCUT2D eigenvalue weighted by Gasteiger charge is 2.19. The first kappa shape index (κ1) is 15.4. The molecule has 0 atom stereocenters. The third-order valence-electron chi connectivity index (χ3n) is 3.73. The zero-order valence-corrected chi connectivity index (χ0v) is 11.8. The van der Waals surface area contributed by atoms with Gasteiger partial charge in [-0.2, -0.15) is 0 Å². The second-order valence-corrected chi connectivity index (χ2v) is 5.49. The van der Waals surface area contributed by atoms with Crippen LogP contribution in [0.5, 0.6) is 0 Å². The van der Waals surface area contributed by atoms with E-state index in [0.29, 0.717) is 25.3 Å². The average Bonchev–Trinajstić information content (AvgIpc) is 2.37. The Bertz CT molecular complexity index is 238. The normalized spacial score (nSPS) is 17.1. The van der Waals surface area contributed by atoms with E-state index in [1.54, 1.807) is 0 Å². The number of piperidine rings is 1. The maximum atomic E-state index is 12.2. The molecule has 4 nitrogen and oxygen atoms in total. The third kappa shape index (κ3) is 5.36. The van der Waals surface area contributed by atoms with Crippen LogP contribution in [0.15, 0.2) is 0 Å². The van der Waals surface area contributed by atoms with Crippen molar-refractivity contribution in [1.82, 2.24) is 10.2 Å². The minimum absolute atomic E-state index is 0.158. The zero-order valence-electron chi connectivity index (χ0n) is 11.8. The zero-order chi connectivity index (χ0) is 13.4. The molecule has 2 N–H and O–H groups in total. The van der Waals surface area contributed by atoms with Crippen LogP contribution in [0.2, 0.25) is 0 Å². The number of nitrogens with zero attached hydrogens (tertiary/aromatic N) is 1. The van der Waals surface area contributed by atoms with Gasteiger partial charge < -0.3 is 15.3 Å². The molecule has 1 aliphatic heterocycles. The fraction of sp³-hybridized carbons (Fsp3) is 0.929. The van der Waals surface area contributed by atoms with Crippen LogP contribution in [0, 0.1) is 5.92 Å². The number of rotatable bonds is 7. The average molecular weight is 256 g/mol. The second-order valence-electron chi connectivity index (χ2n) is 5.49. The molecular formula is C14H28N2O2. The summed E-state index contributed by atoms with van der Waals surface area (Å²) < 4.78 is 0. The van der Waals surface area contributed by atoms with Crippen LogP contribution in [-0.4, -0.2) is 48.2 Å². The summed E-state index contributed by atoms with van der Waals surface area (Å²) in [7, 11) is 0. The molecule has 18 heavy (non-hydrogen) atoms. The first-order chi connectivity index (χ1) is 8.65. The number of aliphatic hydroxyl groups excluding tert-OH is 1. The molecular weight excluding hydrogens is 228 g/mol. The minimum Gasteiger partial charge on any atom is -0.396 e. The Labute approximate surface area is 111 Å². The van der Waals surface area contributed by atoms with Crippen LogP contribution in [0.3, 0.4) is 0 Å². The summed E-state index contributed by atoms with van der Waals surface area (Å²) in [4.78, 5) is 14.1. The molecule has 1 rings (SSSR count). The van der Waals surface area contributed by atoms with E-state index in [1.165, 1.54) is 12.8 Å². The first-order valence-corrected chi connectivity index (χ1v) is 7.26. The second kappa shape index (κ2) is 8.48. The van der Waals surface area contributed by atoms with Gasteiger partial charge in [-0.3, -0.25) is 4.79 Å². The van der Waals surface area contributed by atoms with Gasteiger partial charge in [-0.25, -0.2) is 0 Å². The highest BCUT2D eigenvalue weighted by Crippen LogP contribution is 2.18. The SMILES string of the molecule is CC(C)N(CCCO)C(=O)CCC1CCNCC1. The predicted octanol–water partition coefficient (Wildman–Crippen LogP) is 1.39. The van der Waals surface area contributed by atoms with Gasteiger partial charge in [-0.05, 0) is 58.5 Å². The van der Waals surface area contributed by atoms with Gasteiger partial charge in [0.1, 0.15) is 0 Å². The standard InChI is InChI=1S/C14H28N2O2/c1-12(2)16(10-3-11-17)14(18)5-4-13-6-8-15-9-7-13/h12-13,15,17H,3-11H2,1-2H3. The molecule has 0 saturated carbocycles. The quantitative estimate of drug-likeness (QED) is 0.723. The summed E-state index contributed by atoms with van der Waals surface area (Å²) in [5.74, 6) is 0.957. The lowest BCUT2D eigenvalue weighted by Gasteiger charge is -2.28. The van der Waals surface area contributed by atoms with Gasteiger partial charge in [0.25, 0.3) is 0 Å². The lowest BCUT2D eigenvalue weighted by Crippen LogP contribution is -2.38. The highest BCUT2D eigenvalue weighted by molar-refractivity contribution is 5.76. The summed E-state index contributed by atoms with van der Waals surface area (Å²) in [5.41, 5.74) is 0. The highest BCUT2D eigenvalue weighted by atomic mass is 16.3. The van der Waals surface area contributed by atoms with Gasteiger partial charge in [0.05, 0.1) is 0 Å². The van der Waals surface area contributed by atoms with Gasteiger partial charge in [0, 0.05) is 25.6 Å². The van der Waals surface area contributed by atoms with E-state index in [2.05, 4.69) is 5.32 Å². The largest absolute Gasteiger partial charge is 0.396 e. The first-order valence-electron chi connectivity index (χ1n) is 7.26. The molecule has 1 fully saturated rings. The molecule has 0 aromatic carbocycles. The number of carbonyl (C=O) groups is 1. The lowest BCUT2D eigenvalue weighted by molar-refractivity contribution is -0.133. The number of amides is 1. The van der Waals surface area contributed by atoms with E-state index in [0.717, 1.165) is 19.5 Å². The molecule has 4 heteroatoms. The fourth-order valence-electron chi connectivity index (χ4n) is 2.55. The molecule has 0 aliphatic carbocycles. The molecule has 0 spiro atoms. The summed E-state index contributed by atoms with van der Waals surface area (Å²) in [6.45, 7) is 7.11. The Hall–Kier alpha value is -0.610. The van der Waals surface area contributed by atoms with E-state index in [1.807, 2.05) is 18.7 Å². The van der Waals surface area contributed by atoms with Gasteiger partial charge in [0.2, 0.25) is 5.91 Å². The smallest absolute Gasteiger partial charge is 0.222 e. The number of hydrogen-bond acceptors (Lipinski definition) is 3. The van der Waals surface area contributed by atoms with E-state index in [4.69, 9.17) is 5.11 Å². The third-order valence-corrected chi connectivity index (χ3v) is 3.73. The lowest BCUT2D eigenvalue weighted by atomic mass is 9.93. The van der Waals surface area contributed by atoms with Crippen LogP contribution < -0.4 is 5.32 Å². The van der Waals surface area contributed by atoms with E-state index >= 15 is 0 Å². The maximum Gasteiger partial charge on any atom is 0.222 e. The van der Waals surface area contributed by atoms with Crippen molar-refractivity contribution < 1.29 is 9.90 Å². The monoisotopic (exact) mass is 256 g/mol. The fourth-order valence-corrected chi connectivity index (χ4v) is 2.55. The van der Waals surface area contributed by atoms with Crippen LogP contribution in [0.4, 0.5) is 0 Å². The van der Waals surface area contributed by atoms with E-state index in [-0.39, 0.29) is 18.6 Å². The summed E-state index contributed by atoms with van der Waals surface area (Å²) in [6.07, 6.45) is 4.76. The van der Waals surface area contributed by atoms with Gasteiger partial charge in [0.15, 0.2) is 0 Å². The molecule has 0 unspecified atom stereocenters. The Morgan fingerprint density at radius 3 is 2.61 bits per heavy atom. The predicted molar refractivity (Wildman–Crippen MR) is 73.4 cm³/mol. The van der Waals surface area contributed by atoms with Crippen molar-refractivity contribution in [3.8, 4) is 0 Å². The van der Waals surface area contributed by atoms with Crippen molar-refractivity contribution >= 4 is 5.91 Å². The van der Waals surface area contributed by atoms with Crippen LogP contribution in [-0.2, 0) is 4.79 Å². The number of aliphatic hydroxyl groups is 1. The minimum atomic E-state index is 0.158. The Balaban J connectivity index is 2.31. The van der Waals surface area contributed by atoms with Gasteiger partial charge >= 0.3 is 0 Å². The Morgan fingerprint density at radius 1 is 1.39 bits per heavy atom. The maximum absolute atomic E-state index is 12.2. The van der Waals surface area contributed by atoms with Crippen molar-refractivity contribution in [3.05, 3.63) is 0 Å². The van der Waals surface area contributed by atoms with Crippen molar-refractivity contribution in [3.63, 3.8) is 0 Å². The van der Waals surface area contributed by atoms with Crippen LogP contribution in [0.1, 0.15) is 46.0 Å². The molecule has 0 bridgehead atoms. The topological polar surface area (TPSA) is 52.6 Å². The van der Waals surface area contributed by atoms with E-state index < -0.39 is 0 Å². The van der Waals surface area contributed by atoms with Gasteiger partial charge in [-0.1, -0.05) is 0 Å².